The number of hydrogen-bond acceptors (Lipinski definition) is 5. The highest BCUT2D eigenvalue weighted by atomic mass is 32.2. The molecular weight excluding hydrogens is 342 g/mol. The summed E-state index contributed by atoms with van der Waals surface area (Å²) in [7, 11) is -4.01. The monoisotopic (exact) mass is 363 g/mol. The third-order valence-corrected chi connectivity index (χ3v) is 4.64. The Labute approximate surface area is 147 Å². The molecule has 0 spiro atoms. The summed E-state index contributed by atoms with van der Waals surface area (Å²) in [5, 5.41) is 19.6. The molecule has 0 aromatic heterocycles. The zero-order chi connectivity index (χ0) is 18.6. The third-order valence-electron chi connectivity index (χ3n) is 3.73. The van der Waals surface area contributed by atoms with Crippen LogP contribution in [0.4, 0.5) is 11.4 Å². The lowest BCUT2D eigenvalue weighted by Crippen LogP contribution is -2.16. The molecule has 2 rings (SSSR count). The van der Waals surface area contributed by atoms with Crippen molar-refractivity contribution in [1.29, 1.82) is 0 Å². The Morgan fingerprint density at radius 2 is 1.80 bits per heavy atom. The fraction of sp³-hybridized carbons (Fsp3) is 0.294. The summed E-state index contributed by atoms with van der Waals surface area (Å²) in [6, 6.07) is 13.1. The maximum absolute atomic E-state index is 11.4. The van der Waals surface area contributed by atoms with Crippen LogP contribution in [0.15, 0.2) is 53.4 Å². The van der Waals surface area contributed by atoms with Crippen LogP contribution in [0.5, 0.6) is 0 Å². The van der Waals surface area contributed by atoms with Crippen molar-refractivity contribution in [1.82, 2.24) is 0 Å². The Balaban J connectivity index is 2.43. The van der Waals surface area contributed by atoms with E-state index in [9.17, 15) is 18.5 Å². The van der Waals surface area contributed by atoms with Gasteiger partial charge in [0.1, 0.15) is 5.69 Å². The average Bonchev–Trinajstić information content (AvgIpc) is 2.53. The van der Waals surface area contributed by atoms with Crippen molar-refractivity contribution in [2.45, 2.75) is 31.2 Å². The van der Waals surface area contributed by atoms with Crippen LogP contribution in [0, 0.1) is 16.0 Å². The largest absolute Gasteiger partial charge is 0.373 e. The average molecular weight is 363 g/mol. The van der Waals surface area contributed by atoms with E-state index >= 15 is 0 Å². The molecule has 0 aliphatic heterocycles. The summed E-state index contributed by atoms with van der Waals surface area (Å²) >= 11 is 0. The SMILES string of the molecule is CC(C)C[C@H](Nc1ccc(S(N)(=O)=O)cc1[N+](=O)[O-])c1ccccc1. The van der Waals surface area contributed by atoms with E-state index in [4.69, 9.17) is 5.14 Å². The lowest BCUT2D eigenvalue weighted by molar-refractivity contribution is -0.384. The molecule has 0 saturated carbocycles. The minimum atomic E-state index is -4.01. The number of primary sulfonamides is 1. The van der Waals surface area contributed by atoms with Crippen LogP contribution in [-0.4, -0.2) is 13.3 Å². The van der Waals surface area contributed by atoms with Crippen LogP contribution >= 0.6 is 0 Å². The van der Waals surface area contributed by atoms with Crippen LogP contribution in [0.2, 0.25) is 0 Å². The van der Waals surface area contributed by atoms with Crippen molar-refractivity contribution in [3.63, 3.8) is 0 Å². The number of hydrogen-bond donors (Lipinski definition) is 2. The van der Waals surface area contributed by atoms with Crippen molar-refractivity contribution >= 4 is 21.4 Å². The number of rotatable bonds is 7. The van der Waals surface area contributed by atoms with Gasteiger partial charge < -0.3 is 5.32 Å². The fourth-order valence-corrected chi connectivity index (χ4v) is 3.12. The Bertz CT molecular complexity index is 851. The van der Waals surface area contributed by atoms with Crippen LogP contribution in [-0.2, 0) is 10.0 Å². The van der Waals surface area contributed by atoms with Crippen molar-refractivity contribution in [2.24, 2.45) is 11.1 Å². The van der Waals surface area contributed by atoms with Crippen molar-refractivity contribution in [3.8, 4) is 0 Å². The summed E-state index contributed by atoms with van der Waals surface area (Å²) in [5.41, 5.74) is 0.934. The van der Waals surface area contributed by atoms with Crippen LogP contribution < -0.4 is 10.5 Å². The summed E-state index contributed by atoms with van der Waals surface area (Å²) in [6.07, 6.45) is 0.762. The number of nitrogens with zero attached hydrogens (tertiary/aromatic N) is 1. The second-order valence-corrected chi connectivity index (χ2v) is 7.78. The predicted molar refractivity (Wildman–Crippen MR) is 96.7 cm³/mol. The van der Waals surface area contributed by atoms with E-state index in [1.54, 1.807) is 0 Å². The highest BCUT2D eigenvalue weighted by molar-refractivity contribution is 7.89. The van der Waals surface area contributed by atoms with Gasteiger partial charge in [-0.1, -0.05) is 44.2 Å². The van der Waals surface area contributed by atoms with Gasteiger partial charge in [-0.15, -0.1) is 0 Å². The normalized spacial score (nSPS) is 12.8. The molecule has 0 bridgehead atoms. The molecule has 0 radical (unpaired) electrons. The molecule has 0 aliphatic rings. The third kappa shape index (κ3) is 5.01. The second kappa shape index (κ2) is 7.62. The Morgan fingerprint density at radius 3 is 2.32 bits per heavy atom. The van der Waals surface area contributed by atoms with Gasteiger partial charge in [0.2, 0.25) is 10.0 Å². The first-order chi connectivity index (χ1) is 11.7. The molecule has 2 aromatic carbocycles. The van der Waals surface area contributed by atoms with Crippen LogP contribution in [0.3, 0.4) is 0 Å². The zero-order valence-electron chi connectivity index (χ0n) is 14.0. The molecule has 0 aliphatic carbocycles. The smallest absolute Gasteiger partial charge is 0.293 e. The van der Waals surface area contributed by atoms with E-state index in [1.807, 2.05) is 30.3 Å². The van der Waals surface area contributed by atoms with Gasteiger partial charge in [-0.2, -0.15) is 0 Å². The van der Waals surface area contributed by atoms with E-state index in [2.05, 4.69) is 19.2 Å². The van der Waals surface area contributed by atoms with E-state index in [0.717, 1.165) is 18.1 Å². The molecule has 0 amide bonds. The van der Waals surface area contributed by atoms with Crippen LogP contribution in [0.1, 0.15) is 31.9 Å². The van der Waals surface area contributed by atoms with Gasteiger partial charge in [0.25, 0.3) is 5.69 Å². The lowest BCUT2D eigenvalue weighted by Gasteiger charge is -2.22. The van der Waals surface area contributed by atoms with E-state index in [0.29, 0.717) is 5.92 Å². The maximum Gasteiger partial charge on any atom is 0.293 e. The molecule has 7 nitrogen and oxygen atoms in total. The number of nitro benzene ring substituents is 1. The summed E-state index contributed by atoms with van der Waals surface area (Å²) in [4.78, 5) is 10.5. The van der Waals surface area contributed by atoms with E-state index < -0.39 is 14.9 Å². The van der Waals surface area contributed by atoms with Gasteiger partial charge in [-0.25, -0.2) is 13.6 Å². The topological polar surface area (TPSA) is 115 Å². The first-order valence-electron chi connectivity index (χ1n) is 7.81. The minimum Gasteiger partial charge on any atom is -0.373 e. The minimum absolute atomic E-state index is 0.139. The number of nitrogens with two attached hydrogens (primary N) is 1. The zero-order valence-corrected chi connectivity index (χ0v) is 14.9. The summed E-state index contributed by atoms with van der Waals surface area (Å²) < 4.78 is 22.9. The van der Waals surface area contributed by atoms with Crippen molar-refractivity contribution in [2.75, 3.05) is 5.32 Å². The highest BCUT2D eigenvalue weighted by Crippen LogP contribution is 2.32. The van der Waals surface area contributed by atoms with Crippen molar-refractivity contribution in [3.05, 3.63) is 64.2 Å². The van der Waals surface area contributed by atoms with Crippen LogP contribution in [0.25, 0.3) is 0 Å². The molecule has 0 fully saturated rings. The molecule has 134 valence electrons. The molecule has 0 heterocycles. The molecule has 0 unspecified atom stereocenters. The molecule has 8 heteroatoms. The lowest BCUT2D eigenvalue weighted by atomic mass is 9.96. The maximum atomic E-state index is 11.4. The van der Waals surface area contributed by atoms with Crippen molar-refractivity contribution < 1.29 is 13.3 Å². The second-order valence-electron chi connectivity index (χ2n) is 6.22. The summed E-state index contributed by atoms with van der Waals surface area (Å²) in [5.74, 6) is 0.362. The highest BCUT2D eigenvalue weighted by Gasteiger charge is 2.22. The number of nitro groups is 1. The quantitative estimate of drug-likeness (QED) is 0.577. The summed E-state index contributed by atoms with van der Waals surface area (Å²) in [6.45, 7) is 4.13. The first kappa shape index (κ1) is 18.9. The number of sulfonamides is 1. The molecule has 0 saturated heterocycles. The van der Waals surface area contributed by atoms with Gasteiger partial charge in [0.05, 0.1) is 15.9 Å². The predicted octanol–water partition coefficient (Wildman–Crippen LogP) is 3.44. The first-order valence-corrected chi connectivity index (χ1v) is 9.36. The van der Waals surface area contributed by atoms with E-state index in [-0.39, 0.29) is 22.3 Å². The standard InChI is InChI=1S/C17H21N3O4S/c1-12(2)10-16(13-6-4-3-5-7-13)19-15-9-8-14(25(18,23)24)11-17(15)20(21)22/h3-9,11-12,16,19H,10H2,1-2H3,(H2,18,23,24)/t16-/m0/s1. The number of benzene rings is 2. The molecule has 25 heavy (non-hydrogen) atoms. The number of nitrogens with one attached hydrogen (secondary N) is 1. The van der Waals surface area contributed by atoms with Gasteiger partial charge in [0.15, 0.2) is 0 Å². The fourth-order valence-electron chi connectivity index (χ4n) is 2.58. The number of anilines is 1. The van der Waals surface area contributed by atoms with E-state index in [1.165, 1.54) is 12.1 Å². The van der Waals surface area contributed by atoms with Gasteiger partial charge >= 0.3 is 0 Å². The molecular formula is C17H21N3O4S. The molecule has 2 aromatic rings. The Morgan fingerprint density at radius 1 is 1.16 bits per heavy atom. The Kier molecular flexibility index (Phi) is 5.76. The molecule has 1 atom stereocenters. The van der Waals surface area contributed by atoms with Gasteiger partial charge in [-0.3, -0.25) is 10.1 Å². The van der Waals surface area contributed by atoms with Gasteiger partial charge in [-0.05, 0) is 30.0 Å². The van der Waals surface area contributed by atoms with Gasteiger partial charge in [0, 0.05) is 6.07 Å². The Hall–Kier alpha value is -2.45. The molecule has 3 N–H and O–H groups in total.